The minimum Gasteiger partial charge on any atom is -0.298 e. The molecule has 1 saturated carbocycles. The highest BCUT2D eigenvalue weighted by atomic mass is 16.2. The highest BCUT2D eigenvalue weighted by molar-refractivity contribution is 5.95. The van der Waals surface area contributed by atoms with E-state index in [0.29, 0.717) is 17.4 Å². The van der Waals surface area contributed by atoms with Crippen molar-refractivity contribution in [1.82, 2.24) is 4.90 Å². The van der Waals surface area contributed by atoms with Gasteiger partial charge in [-0.05, 0) is 36.8 Å². The van der Waals surface area contributed by atoms with E-state index in [0.717, 1.165) is 12.8 Å². The molecule has 2 aliphatic rings. The highest BCUT2D eigenvalue weighted by Gasteiger charge is 2.38. The second-order valence-electron chi connectivity index (χ2n) is 5.61. The van der Waals surface area contributed by atoms with Crippen molar-refractivity contribution in [2.24, 2.45) is 11.8 Å². The molecule has 3 heteroatoms. The fraction of sp³-hybridized carbons (Fsp3) is 0.412. The van der Waals surface area contributed by atoms with Gasteiger partial charge in [0, 0.05) is 11.8 Å². The van der Waals surface area contributed by atoms with E-state index in [9.17, 15) is 10.1 Å². The molecule has 1 heterocycles. The van der Waals surface area contributed by atoms with Crippen LogP contribution in [-0.4, -0.2) is 16.8 Å². The predicted octanol–water partition coefficient (Wildman–Crippen LogP) is 3.35. The van der Waals surface area contributed by atoms with E-state index in [1.165, 1.54) is 12.8 Å². The molecule has 0 unspecified atom stereocenters. The van der Waals surface area contributed by atoms with E-state index in [1.807, 2.05) is 24.4 Å². The van der Waals surface area contributed by atoms with E-state index in [-0.39, 0.29) is 11.9 Å². The fourth-order valence-corrected chi connectivity index (χ4v) is 3.40. The third kappa shape index (κ3) is 2.22. The zero-order chi connectivity index (χ0) is 13.9. The monoisotopic (exact) mass is 266 g/mol. The molecule has 3 nitrogen and oxygen atoms in total. The largest absolute Gasteiger partial charge is 0.298 e. The van der Waals surface area contributed by atoms with Gasteiger partial charge in [-0.3, -0.25) is 9.69 Å². The predicted molar refractivity (Wildman–Crippen MR) is 76.6 cm³/mol. The molecule has 0 bridgehead atoms. The number of rotatable bonds is 1. The van der Waals surface area contributed by atoms with Gasteiger partial charge in [-0.2, -0.15) is 5.26 Å². The molecule has 1 aromatic carbocycles. The SMILES string of the molecule is N#C[C@H]1[C@@H]2CCCC[C@H]2C=CN1C(=O)c1ccccc1. The van der Waals surface area contributed by atoms with Gasteiger partial charge >= 0.3 is 0 Å². The van der Waals surface area contributed by atoms with Crippen LogP contribution >= 0.6 is 0 Å². The van der Waals surface area contributed by atoms with Gasteiger partial charge in [-0.25, -0.2) is 0 Å². The van der Waals surface area contributed by atoms with E-state index in [4.69, 9.17) is 0 Å². The Labute approximate surface area is 119 Å². The van der Waals surface area contributed by atoms with E-state index >= 15 is 0 Å². The third-order valence-electron chi connectivity index (χ3n) is 4.46. The van der Waals surface area contributed by atoms with Gasteiger partial charge in [0.25, 0.3) is 5.91 Å². The number of nitriles is 1. The molecule has 1 amide bonds. The number of hydrogen-bond donors (Lipinski definition) is 0. The van der Waals surface area contributed by atoms with Crippen molar-refractivity contribution in [3.05, 3.63) is 48.2 Å². The van der Waals surface area contributed by atoms with Gasteiger partial charge in [0.1, 0.15) is 6.04 Å². The van der Waals surface area contributed by atoms with E-state index in [1.54, 1.807) is 17.0 Å². The second kappa shape index (κ2) is 5.50. The number of amides is 1. The number of allylic oxidation sites excluding steroid dienone is 1. The van der Waals surface area contributed by atoms with Crippen LogP contribution in [-0.2, 0) is 0 Å². The van der Waals surface area contributed by atoms with Gasteiger partial charge < -0.3 is 0 Å². The summed E-state index contributed by atoms with van der Waals surface area (Å²) in [6, 6.07) is 11.2. The lowest BCUT2D eigenvalue weighted by molar-refractivity contribution is 0.0687. The van der Waals surface area contributed by atoms with Crippen molar-refractivity contribution in [2.45, 2.75) is 31.7 Å². The average molecular weight is 266 g/mol. The normalized spacial score (nSPS) is 28.6. The van der Waals surface area contributed by atoms with Crippen LogP contribution in [0.2, 0.25) is 0 Å². The zero-order valence-corrected chi connectivity index (χ0v) is 11.4. The highest BCUT2D eigenvalue weighted by Crippen LogP contribution is 2.38. The molecule has 1 fully saturated rings. The molecular weight excluding hydrogens is 248 g/mol. The Morgan fingerprint density at radius 1 is 1.20 bits per heavy atom. The Bertz CT molecular complexity index is 558. The summed E-state index contributed by atoms with van der Waals surface area (Å²) in [5.41, 5.74) is 0.645. The van der Waals surface area contributed by atoms with Crippen LogP contribution in [0.15, 0.2) is 42.6 Å². The summed E-state index contributed by atoms with van der Waals surface area (Å²) in [7, 11) is 0. The molecule has 0 aromatic heterocycles. The first-order chi connectivity index (χ1) is 9.81. The summed E-state index contributed by atoms with van der Waals surface area (Å²) in [5.74, 6) is 0.692. The molecular formula is C17H18N2O. The molecule has 3 rings (SSSR count). The number of carbonyl (C=O) groups excluding carboxylic acids is 1. The molecule has 0 spiro atoms. The number of benzene rings is 1. The summed E-state index contributed by atoms with van der Waals surface area (Å²) in [6.45, 7) is 0. The van der Waals surface area contributed by atoms with E-state index < -0.39 is 0 Å². The van der Waals surface area contributed by atoms with Crippen LogP contribution in [0.3, 0.4) is 0 Å². The minimum absolute atomic E-state index is 0.0718. The Morgan fingerprint density at radius 2 is 1.95 bits per heavy atom. The molecule has 3 atom stereocenters. The summed E-state index contributed by atoms with van der Waals surface area (Å²) < 4.78 is 0. The van der Waals surface area contributed by atoms with Crippen LogP contribution in [0, 0.1) is 23.2 Å². The molecule has 0 saturated heterocycles. The first kappa shape index (κ1) is 12.9. The zero-order valence-electron chi connectivity index (χ0n) is 11.4. The third-order valence-corrected chi connectivity index (χ3v) is 4.46. The number of carbonyl (C=O) groups is 1. The Balaban J connectivity index is 1.89. The molecule has 1 aliphatic carbocycles. The van der Waals surface area contributed by atoms with Gasteiger partial charge in [0.05, 0.1) is 6.07 Å². The smallest absolute Gasteiger partial charge is 0.258 e. The van der Waals surface area contributed by atoms with Crippen LogP contribution in [0.4, 0.5) is 0 Å². The lowest BCUT2D eigenvalue weighted by Crippen LogP contribution is -2.46. The van der Waals surface area contributed by atoms with E-state index in [2.05, 4.69) is 12.1 Å². The number of nitrogens with zero attached hydrogens (tertiary/aromatic N) is 2. The van der Waals surface area contributed by atoms with Crippen LogP contribution in [0.5, 0.6) is 0 Å². The molecule has 1 aliphatic heterocycles. The first-order valence-electron chi connectivity index (χ1n) is 7.27. The average Bonchev–Trinajstić information content (AvgIpc) is 2.54. The number of hydrogen-bond acceptors (Lipinski definition) is 2. The van der Waals surface area contributed by atoms with Crippen molar-refractivity contribution in [3.8, 4) is 6.07 Å². The lowest BCUT2D eigenvalue weighted by Gasteiger charge is -2.40. The topological polar surface area (TPSA) is 44.1 Å². The molecule has 0 radical (unpaired) electrons. The van der Waals surface area contributed by atoms with Crippen molar-refractivity contribution < 1.29 is 4.79 Å². The van der Waals surface area contributed by atoms with Gasteiger partial charge in [-0.1, -0.05) is 37.1 Å². The quantitative estimate of drug-likeness (QED) is 0.782. The summed E-state index contributed by atoms with van der Waals surface area (Å²) in [4.78, 5) is 14.2. The molecule has 1 aromatic rings. The van der Waals surface area contributed by atoms with Crippen molar-refractivity contribution in [1.29, 1.82) is 5.26 Å². The Kier molecular flexibility index (Phi) is 3.56. The van der Waals surface area contributed by atoms with Crippen molar-refractivity contribution in [3.63, 3.8) is 0 Å². The van der Waals surface area contributed by atoms with Crippen LogP contribution in [0.25, 0.3) is 0 Å². The van der Waals surface area contributed by atoms with Crippen LogP contribution in [0.1, 0.15) is 36.0 Å². The minimum atomic E-state index is -0.321. The second-order valence-corrected chi connectivity index (χ2v) is 5.61. The summed E-state index contributed by atoms with van der Waals surface area (Å²) >= 11 is 0. The Hall–Kier alpha value is -2.08. The first-order valence-corrected chi connectivity index (χ1v) is 7.27. The number of fused-ring (bicyclic) bond motifs is 1. The Morgan fingerprint density at radius 3 is 2.70 bits per heavy atom. The maximum Gasteiger partial charge on any atom is 0.258 e. The fourth-order valence-electron chi connectivity index (χ4n) is 3.40. The van der Waals surface area contributed by atoms with Crippen molar-refractivity contribution in [2.75, 3.05) is 0 Å². The molecule has 20 heavy (non-hydrogen) atoms. The maximum atomic E-state index is 12.6. The van der Waals surface area contributed by atoms with Gasteiger partial charge in [0.2, 0.25) is 0 Å². The van der Waals surface area contributed by atoms with Gasteiger partial charge in [-0.15, -0.1) is 0 Å². The van der Waals surface area contributed by atoms with Crippen LogP contribution < -0.4 is 0 Å². The lowest BCUT2D eigenvalue weighted by atomic mass is 9.73. The maximum absolute atomic E-state index is 12.6. The standard InChI is InChI=1S/C17H18N2O/c18-12-16-15-9-5-4-6-13(15)10-11-19(16)17(20)14-7-2-1-3-8-14/h1-3,7-8,10-11,13,15-16H,4-6,9H2/t13-,15+,16-/m0/s1. The van der Waals surface area contributed by atoms with Gasteiger partial charge in [0.15, 0.2) is 0 Å². The molecule has 0 N–H and O–H groups in total. The molecule has 102 valence electrons. The summed E-state index contributed by atoms with van der Waals surface area (Å²) in [5, 5.41) is 9.52. The summed E-state index contributed by atoms with van der Waals surface area (Å²) in [6.07, 6.45) is 8.55. The van der Waals surface area contributed by atoms with Crippen molar-refractivity contribution >= 4 is 5.91 Å².